The minimum absolute atomic E-state index is 0.139. The van der Waals surface area contributed by atoms with Crippen molar-refractivity contribution >= 4 is 41.4 Å². The van der Waals surface area contributed by atoms with Crippen LogP contribution in [0.4, 0.5) is 0 Å². The number of rotatable bonds is 4. The lowest BCUT2D eigenvalue weighted by Crippen LogP contribution is -2.03. The van der Waals surface area contributed by atoms with Crippen LogP contribution < -0.4 is 0 Å². The molecule has 0 aliphatic heterocycles. The molecule has 0 spiro atoms. The van der Waals surface area contributed by atoms with Crippen molar-refractivity contribution < 1.29 is 24.6 Å². The molecule has 5 nitrogen and oxygen atoms in total. The van der Waals surface area contributed by atoms with Gasteiger partial charge in [0.1, 0.15) is 0 Å². The Morgan fingerprint density at radius 2 is 1.38 bits per heavy atom. The molecule has 0 bridgehead atoms. The molecule has 0 saturated heterocycles. The lowest BCUT2D eigenvalue weighted by molar-refractivity contribution is -0.134. The molecule has 0 aromatic carbocycles. The summed E-state index contributed by atoms with van der Waals surface area (Å²) in [5, 5.41) is 15.9. The molecule has 76 valence electrons. The van der Waals surface area contributed by atoms with Crippen molar-refractivity contribution in [3.63, 3.8) is 0 Å². The SMILES string of the molecule is CC(=O)S.O=C(O)CSCC(=O)O. The van der Waals surface area contributed by atoms with E-state index >= 15 is 0 Å². The predicted molar refractivity (Wildman–Crippen MR) is 52.3 cm³/mol. The van der Waals surface area contributed by atoms with E-state index in [9.17, 15) is 14.4 Å². The Morgan fingerprint density at radius 1 is 1.15 bits per heavy atom. The zero-order valence-electron chi connectivity index (χ0n) is 6.89. The van der Waals surface area contributed by atoms with Crippen molar-refractivity contribution in [2.75, 3.05) is 11.5 Å². The van der Waals surface area contributed by atoms with Gasteiger partial charge in [-0.2, -0.15) is 0 Å². The summed E-state index contributed by atoms with van der Waals surface area (Å²) in [6, 6.07) is 0. The first-order valence-electron chi connectivity index (χ1n) is 3.07. The fourth-order valence-electron chi connectivity index (χ4n) is 0.226. The molecule has 2 N–H and O–H groups in total. The third-order valence-electron chi connectivity index (χ3n) is 0.451. The van der Waals surface area contributed by atoms with Crippen LogP contribution in [-0.2, 0) is 14.4 Å². The maximum absolute atomic E-state index is 9.77. The summed E-state index contributed by atoms with van der Waals surface area (Å²) < 4.78 is 0. The minimum Gasteiger partial charge on any atom is -0.481 e. The smallest absolute Gasteiger partial charge is 0.313 e. The Bertz CT molecular complexity index is 173. The Hall–Kier alpha value is -0.690. The van der Waals surface area contributed by atoms with E-state index in [1.54, 1.807) is 0 Å². The third kappa shape index (κ3) is 34.8. The summed E-state index contributed by atoms with van der Waals surface area (Å²) in [6.45, 7) is 1.39. The van der Waals surface area contributed by atoms with Crippen molar-refractivity contribution in [3.05, 3.63) is 0 Å². The summed E-state index contributed by atoms with van der Waals surface area (Å²) in [5.41, 5.74) is 0. The quantitative estimate of drug-likeness (QED) is 0.599. The monoisotopic (exact) mass is 226 g/mol. The number of carboxylic acid groups (broad SMARTS) is 2. The Balaban J connectivity index is 0. The van der Waals surface area contributed by atoms with Gasteiger partial charge in [-0.25, -0.2) is 0 Å². The van der Waals surface area contributed by atoms with E-state index in [2.05, 4.69) is 12.6 Å². The molecule has 0 saturated carbocycles. The van der Waals surface area contributed by atoms with E-state index in [1.165, 1.54) is 6.92 Å². The minimum atomic E-state index is -0.985. The van der Waals surface area contributed by atoms with Gasteiger partial charge in [0.2, 0.25) is 0 Å². The van der Waals surface area contributed by atoms with E-state index in [4.69, 9.17) is 10.2 Å². The summed E-state index contributed by atoms with van der Waals surface area (Å²) in [6.07, 6.45) is 0. The van der Waals surface area contributed by atoms with Crippen molar-refractivity contribution in [1.29, 1.82) is 0 Å². The third-order valence-corrected chi connectivity index (χ3v) is 1.35. The van der Waals surface area contributed by atoms with Gasteiger partial charge in [-0.05, 0) is 0 Å². The summed E-state index contributed by atoms with van der Waals surface area (Å²) in [4.78, 5) is 28.8. The van der Waals surface area contributed by atoms with E-state index in [0.717, 1.165) is 11.8 Å². The average Bonchev–Trinajstić information content (AvgIpc) is 1.83. The highest BCUT2D eigenvalue weighted by Crippen LogP contribution is 1.96. The van der Waals surface area contributed by atoms with Gasteiger partial charge < -0.3 is 10.2 Å². The molecule has 0 amide bonds. The van der Waals surface area contributed by atoms with Crippen molar-refractivity contribution in [2.24, 2.45) is 0 Å². The molecule has 7 heteroatoms. The normalized spacial score (nSPS) is 8.15. The van der Waals surface area contributed by atoms with Crippen LogP contribution in [0.3, 0.4) is 0 Å². The molecule has 13 heavy (non-hydrogen) atoms. The van der Waals surface area contributed by atoms with E-state index < -0.39 is 11.9 Å². The molecule has 0 aromatic rings. The second-order valence-electron chi connectivity index (χ2n) is 1.80. The largest absolute Gasteiger partial charge is 0.481 e. The summed E-state index contributed by atoms with van der Waals surface area (Å²) in [7, 11) is 0. The fourth-order valence-corrected chi connectivity index (χ4v) is 0.677. The predicted octanol–water partition coefficient (Wildman–Crippen LogP) is 0.352. The number of carbonyl (C=O) groups excluding carboxylic acids is 1. The number of hydrogen-bond donors (Lipinski definition) is 3. The first-order valence-corrected chi connectivity index (χ1v) is 4.67. The number of thiol groups is 1. The summed E-state index contributed by atoms with van der Waals surface area (Å²) >= 11 is 4.20. The van der Waals surface area contributed by atoms with Crippen LogP contribution in [0.15, 0.2) is 0 Å². The Labute approximate surface area is 84.9 Å². The van der Waals surface area contributed by atoms with Gasteiger partial charge in [-0.1, -0.05) is 0 Å². The van der Waals surface area contributed by atoms with Gasteiger partial charge in [0, 0.05) is 6.92 Å². The second kappa shape index (κ2) is 9.40. The van der Waals surface area contributed by atoms with Gasteiger partial charge in [-0.15, -0.1) is 24.4 Å². The number of thioether (sulfide) groups is 1. The lowest BCUT2D eigenvalue weighted by atomic mass is 10.8. The van der Waals surface area contributed by atoms with Gasteiger partial charge >= 0.3 is 11.9 Å². The first-order chi connectivity index (χ1) is 5.86. The lowest BCUT2D eigenvalue weighted by Gasteiger charge is -1.89. The molecule has 0 unspecified atom stereocenters. The standard InChI is InChI=1S/C4H6O4S.C2H4OS/c5-3(6)1-9-2-4(7)8;1-2(3)4/h1-2H2,(H,5,6)(H,7,8);1H3,(H,3,4). The molecule has 0 aliphatic rings. The Kier molecular flexibility index (Phi) is 10.7. The molecule has 0 radical (unpaired) electrons. The molecular formula is C6H10O5S2. The maximum Gasteiger partial charge on any atom is 0.313 e. The van der Waals surface area contributed by atoms with Crippen LogP contribution >= 0.6 is 24.4 Å². The van der Waals surface area contributed by atoms with Gasteiger partial charge in [0.05, 0.1) is 11.5 Å². The second-order valence-corrected chi connectivity index (χ2v) is 3.41. The molecule has 0 heterocycles. The highest BCUT2D eigenvalue weighted by Gasteiger charge is 1.99. The number of carboxylic acids is 2. The van der Waals surface area contributed by atoms with Gasteiger partial charge in [-0.3, -0.25) is 14.4 Å². The van der Waals surface area contributed by atoms with Crippen LogP contribution in [0.5, 0.6) is 0 Å². The molecule has 0 aliphatic carbocycles. The number of carbonyl (C=O) groups is 3. The van der Waals surface area contributed by atoms with E-state index in [0.29, 0.717) is 0 Å². The maximum atomic E-state index is 9.77. The topological polar surface area (TPSA) is 91.7 Å². The average molecular weight is 226 g/mol. The molecule has 0 rings (SSSR count). The van der Waals surface area contributed by atoms with Gasteiger partial charge in [0.15, 0.2) is 5.12 Å². The van der Waals surface area contributed by atoms with Gasteiger partial charge in [0.25, 0.3) is 0 Å². The highest BCUT2D eigenvalue weighted by atomic mass is 32.2. The molecule has 0 atom stereocenters. The van der Waals surface area contributed by atoms with Crippen LogP contribution in [0.1, 0.15) is 6.92 Å². The summed E-state index contributed by atoms with van der Waals surface area (Å²) in [5.74, 6) is -2.26. The van der Waals surface area contributed by atoms with Crippen molar-refractivity contribution in [3.8, 4) is 0 Å². The van der Waals surface area contributed by atoms with Crippen LogP contribution in [0, 0.1) is 0 Å². The van der Waals surface area contributed by atoms with E-state index in [1.807, 2.05) is 0 Å². The fraction of sp³-hybridized carbons (Fsp3) is 0.500. The highest BCUT2D eigenvalue weighted by molar-refractivity contribution is 8.00. The molecule has 0 fully saturated rings. The van der Waals surface area contributed by atoms with Crippen LogP contribution in [-0.4, -0.2) is 38.8 Å². The zero-order valence-corrected chi connectivity index (χ0v) is 8.60. The van der Waals surface area contributed by atoms with Crippen LogP contribution in [0.25, 0.3) is 0 Å². The molecular weight excluding hydrogens is 216 g/mol. The Morgan fingerprint density at radius 3 is 1.54 bits per heavy atom. The molecule has 0 aromatic heterocycles. The van der Waals surface area contributed by atoms with E-state index in [-0.39, 0.29) is 16.6 Å². The number of aliphatic carboxylic acids is 2. The zero-order chi connectivity index (χ0) is 10.9. The first kappa shape index (κ1) is 14.8. The van der Waals surface area contributed by atoms with Crippen LogP contribution in [0.2, 0.25) is 0 Å². The van der Waals surface area contributed by atoms with Crippen molar-refractivity contribution in [2.45, 2.75) is 6.92 Å². The number of hydrogen-bond acceptors (Lipinski definition) is 4. The van der Waals surface area contributed by atoms with Crippen molar-refractivity contribution in [1.82, 2.24) is 0 Å².